The molecule has 0 unspecified atom stereocenters. The average Bonchev–Trinajstić information content (AvgIpc) is 3.05. The zero-order valence-electron chi connectivity index (χ0n) is 14.2. The highest BCUT2D eigenvalue weighted by Gasteiger charge is 2.42. The first kappa shape index (κ1) is 17.3. The van der Waals surface area contributed by atoms with E-state index in [2.05, 4.69) is 22.6 Å². The molecule has 1 saturated heterocycles. The second-order valence-corrected chi connectivity index (χ2v) is 8.25. The molecule has 136 valence electrons. The summed E-state index contributed by atoms with van der Waals surface area (Å²) in [6.07, 6.45) is 3.04. The number of thiophene rings is 1. The van der Waals surface area contributed by atoms with Gasteiger partial charge in [-0.15, -0.1) is 11.3 Å². The van der Waals surface area contributed by atoms with Crippen molar-refractivity contribution in [2.75, 3.05) is 17.7 Å². The van der Waals surface area contributed by atoms with Crippen molar-refractivity contribution in [3.63, 3.8) is 0 Å². The minimum absolute atomic E-state index is 0.206. The Morgan fingerprint density at radius 2 is 1.96 bits per heavy atom. The Morgan fingerprint density at radius 1 is 1.23 bits per heavy atom. The molecule has 1 aromatic carbocycles. The third-order valence-electron chi connectivity index (χ3n) is 5.19. The van der Waals surface area contributed by atoms with Crippen LogP contribution < -0.4 is 16.4 Å². The third kappa shape index (κ3) is 2.96. The molecule has 26 heavy (non-hydrogen) atoms. The summed E-state index contributed by atoms with van der Waals surface area (Å²) in [6.45, 7) is 0. The number of nitrogens with two attached hydrogens (primary N) is 1. The van der Waals surface area contributed by atoms with Crippen molar-refractivity contribution in [2.24, 2.45) is 5.73 Å². The molecule has 3 amide bonds. The number of anilines is 2. The van der Waals surface area contributed by atoms with E-state index in [1.165, 1.54) is 11.3 Å². The number of rotatable bonds is 3. The molecule has 0 spiro atoms. The number of carbonyl (C=O) groups is 2. The molecule has 2 aliphatic rings. The zero-order valence-corrected chi connectivity index (χ0v) is 15.8. The maximum Gasteiger partial charge on any atom is 0.324 e. The van der Waals surface area contributed by atoms with Gasteiger partial charge in [0.2, 0.25) is 0 Å². The predicted molar refractivity (Wildman–Crippen MR) is 104 cm³/mol. The number of likely N-dealkylation sites (N-methyl/N-ethyl adjacent to an activating group) is 1. The van der Waals surface area contributed by atoms with Crippen LogP contribution in [0.4, 0.5) is 15.5 Å². The largest absolute Gasteiger partial charge is 0.365 e. The van der Waals surface area contributed by atoms with Gasteiger partial charge in [-0.05, 0) is 56.1 Å². The van der Waals surface area contributed by atoms with E-state index >= 15 is 0 Å². The van der Waals surface area contributed by atoms with Crippen molar-refractivity contribution >= 4 is 45.6 Å². The summed E-state index contributed by atoms with van der Waals surface area (Å²) < 4.78 is 0. The molecule has 1 aromatic heterocycles. The molecule has 1 fully saturated rings. The topological polar surface area (TPSA) is 87.5 Å². The summed E-state index contributed by atoms with van der Waals surface area (Å²) in [5, 5.41) is 6.66. The van der Waals surface area contributed by atoms with Gasteiger partial charge < -0.3 is 11.1 Å². The van der Waals surface area contributed by atoms with Crippen LogP contribution in [-0.4, -0.2) is 29.9 Å². The third-order valence-corrected chi connectivity index (χ3v) is 6.59. The molecule has 2 bridgehead atoms. The molecule has 2 atom stereocenters. The lowest BCUT2D eigenvalue weighted by Crippen LogP contribution is -2.34. The van der Waals surface area contributed by atoms with Crippen molar-refractivity contribution in [1.82, 2.24) is 4.90 Å². The summed E-state index contributed by atoms with van der Waals surface area (Å²) in [7, 11) is 2.09. The second kappa shape index (κ2) is 6.57. The average molecular weight is 391 g/mol. The van der Waals surface area contributed by atoms with Gasteiger partial charge in [0, 0.05) is 27.7 Å². The van der Waals surface area contributed by atoms with E-state index in [1.54, 1.807) is 24.3 Å². The van der Waals surface area contributed by atoms with Gasteiger partial charge in [-0.2, -0.15) is 0 Å². The van der Waals surface area contributed by atoms with Gasteiger partial charge in [-0.3, -0.25) is 15.0 Å². The highest BCUT2D eigenvalue weighted by Crippen LogP contribution is 2.49. The first-order valence-corrected chi connectivity index (χ1v) is 9.64. The number of carbonyl (C=O) groups excluding carboxylic acids is 2. The van der Waals surface area contributed by atoms with Crippen LogP contribution in [0.5, 0.6) is 0 Å². The summed E-state index contributed by atoms with van der Waals surface area (Å²) in [5.41, 5.74) is 7.74. The van der Waals surface area contributed by atoms with Crippen LogP contribution in [-0.2, 0) is 6.42 Å². The van der Waals surface area contributed by atoms with Gasteiger partial charge in [0.25, 0.3) is 5.91 Å². The van der Waals surface area contributed by atoms with E-state index in [4.69, 9.17) is 17.3 Å². The Bertz CT molecular complexity index is 880. The predicted octanol–water partition coefficient (Wildman–Crippen LogP) is 3.84. The first-order chi connectivity index (χ1) is 12.4. The van der Waals surface area contributed by atoms with Gasteiger partial charge >= 0.3 is 6.03 Å². The Balaban J connectivity index is 1.60. The van der Waals surface area contributed by atoms with Crippen LogP contribution in [0.2, 0.25) is 5.02 Å². The number of hydrogen-bond donors (Lipinski definition) is 3. The standard InChI is InChI=1S/C18H19ClN4O2S/c1-23-11-6-7-12(23)14-13(8-11)26-17(15(14)16(20)24)22-18(25)21-10-4-2-9(19)3-5-10/h2-5,11-12H,6-8H2,1H3,(H2,20,24)(H2,21,22,25)/t11-,12-/m0/s1. The Morgan fingerprint density at radius 3 is 2.65 bits per heavy atom. The number of amides is 3. The maximum atomic E-state index is 12.4. The number of nitrogens with one attached hydrogen (secondary N) is 2. The van der Waals surface area contributed by atoms with Gasteiger partial charge in [0.1, 0.15) is 5.00 Å². The Kier molecular flexibility index (Phi) is 4.38. The van der Waals surface area contributed by atoms with Gasteiger partial charge in [-0.25, -0.2) is 4.79 Å². The minimum Gasteiger partial charge on any atom is -0.365 e. The van der Waals surface area contributed by atoms with E-state index in [0.717, 1.165) is 29.7 Å². The van der Waals surface area contributed by atoms with Crippen molar-refractivity contribution in [2.45, 2.75) is 31.3 Å². The van der Waals surface area contributed by atoms with Crippen LogP contribution in [0.1, 0.15) is 39.7 Å². The molecule has 0 saturated carbocycles. The van der Waals surface area contributed by atoms with Gasteiger partial charge in [0.05, 0.1) is 5.56 Å². The zero-order chi connectivity index (χ0) is 18.4. The van der Waals surface area contributed by atoms with Crippen LogP contribution in [0.3, 0.4) is 0 Å². The molecular formula is C18H19ClN4O2S. The number of halogens is 1. The van der Waals surface area contributed by atoms with Gasteiger partial charge in [-0.1, -0.05) is 11.6 Å². The van der Waals surface area contributed by atoms with Crippen LogP contribution in [0, 0.1) is 0 Å². The fourth-order valence-electron chi connectivity index (χ4n) is 3.95. The number of nitrogens with zero attached hydrogens (tertiary/aromatic N) is 1. The summed E-state index contributed by atoms with van der Waals surface area (Å²) in [5.74, 6) is -0.497. The fraction of sp³-hybridized carbons (Fsp3) is 0.333. The van der Waals surface area contributed by atoms with E-state index < -0.39 is 11.9 Å². The molecular weight excluding hydrogens is 372 g/mol. The van der Waals surface area contributed by atoms with E-state index in [1.807, 2.05) is 0 Å². The smallest absolute Gasteiger partial charge is 0.324 e. The normalized spacial score (nSPS) is 21.3. The lowest BCUT2D eigenvalue weighted by atomic mass is 9.97. The van der Waals surface area contributed by atoms with Crippen molar-refractivity contribution in [1.29, 1.82) is 0 Å². The molecule has 4 rings (SSSR count). The lowest BCUT2D eigenvalue weighted by molar-refractivity contribution is 0.0997. The monoisotopic (exact) mass is 390 g/mol. The van der Waals surface area contributed by atoms with Crippen molar-refractivity contribution < 1.29 is 9.59 Å². The fourth-order valence-corrected chi connectivity index (χ4v) is 5.40. The molecule has 2 aliphatic heterocycles. The number of urea groups is 1. The Hall–Kier alpha value is -2.09. The van der Waals surface area contributed by atoms with Crippen LogP contribution >= 0.6 is 22.9 Å². The van der Waals surface area contributed by atoms with Crippen LogP contribution in [0.25, 0.3) is 0 Å². The minimum atomic E-state index is -0.497. The molecule has 0 aliphatic carbocycles. The second-order valence-electron chi connectivity index (χ2n) is 6.71. The lowest BCUT2D eigenvalue weighted by Gasteiger charge is -2.31. The molecule has 8 heteroatoms. The molecule has 2 aromatic rings. The van der Waals surface area contributed by atoms with Crippen molar-refractivity contribution in [3.8, 4) is 0 Å². The highest BCUT2D eigenvalue weighted by molar-refractivity contribution is 7.17. The van der Waals surface area contributed by atoms with Crippen molar-refractivity contribution in [3.05, 3.63) is 45.3 Å². The Labute approximate surface area is 160 Å². The molecule has 3 heterocycles. The number of primary amides is 1. The maximum absolute atomic E-state index is 12.4. The highest BCUT2D eigenvalue weighted by atomic mass is 35.5. The number of benzene rings is 1. The number of hydrogen-bond acceptors (Lipinski definition) is 4. The SMILES string of the molecule is CN1[C@H]2CC[C@H]1c1c(sc(NC(=O)Nc3ccc(Cl)cc3)c1C(N)=O)C2. The first-order valence-electron chi connectivity index (χ1n) is 8.45. The van der Waals surface area contributed by atoms with Gasteiger partial charge in [0.15, 0.2) is 0 Å². The van der Waals surface area contributed by atoms with E-state index in [9.17, 15) is 9.59 Å². The summed E-state index contributed by atoms with van der Waals surface area (Å²) in [6, 6.07) is 7.12. The van der Waals surface area contributed by atoms with E-state index in [-0.39, 0.29) is 6.04 Å². The summed E-state index contributed by atoms with van der Waals surface area (Å²) in [4.78, 5) is 28.0. The molecule has 0 radical (unpaired) electrons. The molecule has 4 N–H and O–H groups in total. The quantitative estimate of drug-likeness (QED) is 0.744. The number of fused-ring (bicyclic) bond motifs is 4. The van der Waals surface area contributed by atoms with Crippen LogP contribution in [0.15, 0.2) is 24.3 Å². The molecule has 6 nitrogen and oxygen atoms in total. The van der Waals surface area contributed by atoms with E-state index in [0.29, 0.717) is 27.3 Å². The summed E-state index contributed by atoms with van der Waals surface area (Å²) >= 11 is 7.31.